The summed E-state index contributed by atoms with van der Waals surface area (Å²) in [5.74, 6) is 0.525. The van der Waals surface area contributed by atoms with Crippen molar-refractivity contribution in [3.63, 3.8) is 0 Å². The first-order valence-corrected chi connectivity index (χ1v) is 10.7. The van der Waals surface area contributed by atoms with E-state index < -0.39 is 6.04 Å². The molecule has 0 spiro atoms. The number of rotatable bonds is 4. The molecule has 1 unspecified atom stereocenters. The minimum atomic E-state index is -0.651. The number of furan rings is 1. The van der Waals surface area contributed by atoms with E-state index in [1.807, 2.05) is 36.4 Å². The third-order valence-corrected chi connectivity index (χ3v) is 5.89. The summed E-state index contributed by atoms with van der Waals surface area (Å²) in [7, 11) is 0. The number of amides is 2. The number of morpholine rings is 1. The van der Waals surface area contributed by atoms with E-state index in [9.17, 15) is 9.59 Å². The summed E-state index contributed by atoms with van der Waals surface area (Å²) < 4.78 is 10.7. The van der Waals surface area contributed by atoms with Crippen molar-refractivity contribution < 1.29 is 18.7 Å². The molecule has 0 bridgehead atoms. The Hall–Kier alpha value is -3.65. The van der Waals surface area contributed by atoms with Crippen LogP contribution in [0.15, 0.2) is 65.4 Å². The van der Waals surface area contributed by atoms with E-state index >= 15 is 0 Å². The summed E-state index contributed by atoms with van der Waals surface area (Å²) >= 11 is 0. The van der Waals surface area contributed by atoms with Gasteiger partial charge < -0.3 is 24.3 Å². The predicted molar refractivity (Wildman–Crippen MR) is 118 cm³/mol. The molecule has 1 saturated heterocycles. The first-order chi connectivity index (χ1) is 15.7. The fourth-order valence-corrected chi connectivity index (χ4v) is 4.18. The van der Waals surface area contributed by atoms with Crippen molar-refractivity contribution in [2.45, 2.75) is 19.0 Å². The molecular formula is C24H24N4O4. The molecule has 0 aliphatic carbocycles. The molecular weight excluding hydrogens is 408 g/mol. The molecule has 5 rings (SSSR count). The van der Waals surface area contributed by atoms with Crippen LogP contribution in [-0.2, 0) is 22.5 Å². The van der Waals surface area contributed by atoms with Crippen molar-refractivity contribution in [3.8, 4) is 0 Å². The highest BCUT2D eigenvalue weighted by Crippen LogP contribution is 2.26. The third kappa shape index (κ3) is 4.09. The molecule has 2 aliphatic rings. The molecule has 0 radical (unpaired) electrons. The number of carbonyl (C=O) groups excluding carboxylic acids is 2. The molecule has 3 aromatic rings. The number of ether oxygens (including phenoxy) is 1. The van der Waals surface area contributed by atoms with E-state index in [1.165, 1.54) is 6.26 Å². The standard InChI is InChI=1S/C24H24N4O4/c29-23(26-19-7-8-22(25-15-19)27-9-12-31-13-10-27)20-14-17-4-1-2-5-18(17)16-28(20)24(30)21-6-3-11-32-21/h1-8,11,15,20H,9-10,12-14,16H2,(H,26,29). The van der Waals surface area contributed by atoms with E-state index in [4.69, 9.17) is 9.15 Å². The van der Waals surface area contributed by atoms with Gasteiger partial charge in [0, 0.05) is 26.1 Å². The SMILES string of the molecule is O=C(Nc1ccc(N2CCOCC2)nc1)C1Cc2ccccc2CN1C(=O)c1ccco1. The van der Waals surface area contributed by atoms with Crippen LogP contribution in [-0.4, -0.2) is 54.0 Å². The van der Waals surface area contributed by atoms with Crippen LogP contribution in [0.2, 0.25) is 0 Å². The Morgan fingerprint density at radius 2 is 1.81 bits per heavy atom. The van der Waals surface area contributed by atoms with Crippen LogP contribution in [0.4, 0.5) is 11.5 Å². The fourth-order valence-electron chi connectivity index (χ4n) is 4.18. The van der Waals surface area contributed by atoms with Crippen molar-refractivity contribution in [1.82, 2.24) is 9.88 Å². The first kappa shape index (κ1) is 20.3. The average molecular weight is 432 g/mol. The molecule has 0 saturated carbocycles. The Balaban J connectivity index is 1.35. The highest BCUT2D eigenvalue weighted by Gasteiger charge is 2.36. The second kappa shape index (κ2) is 8.84. The molecule has 2 amide bonds. The normalized spacial score (nSPS) is 18.2. The van der Waals surface area contributed by atoms with Gasteiger partial charge >= 0.3 is 0 Å². The van der Waals surface area contributed by atoms with Gasteiger partial charge in [-0.2, -0.15) is 0 Å². The lowest BCUT2D eigenvalue weighted by atomic mass is 9.93. The highest BCUT2D eigenvalue weighted by atomic mass is 16.5. The third-order valence-electron chi connectivity index (χ3n) is 5.89. The lowest BCUT2D eigenvalue weighted by Crippen LogP contribution is -2.50. The molecule has 2 aromatic heterocycles. The topological polar surface area (TPSA) is 87.9 Å². The van der Waals surface area contributed by atoms with Crippen LogP contribution in [0.25, 0.3) is 0 Å². The Kier molecular flexibility index (Phi) is 5.60. The number of benzene rings is 1. The van der Waals surface area contributed by atoms with Crippen molar-refractivity contribution in [2.75, 3.05) is 36.5 Å². The zero-order valence-electron chi connectivity index (χ0n) is 17.6. The Bertz CT molecular complexity index is 1090. The van der Waals surface area contributed by atoms with Gasteiger partial charge in [-0.15, -0.1) is 0 Å². The van der Waals surface area contributed by atoms with Gasteiger partial charge in [0.2, 0.25) is 5.91 Å². The second-order valence-corrected chi connectivity index (χ2v) is 7.89. The highest BCUT2D eigenvalue weighted by molar-refractivity contribution is 6.00. The van der Waals surface area contributed by atoms with Crippen molar-refractivity contribution in [3.05, 3.63) is 77.9 Å². The number of fused-ring (bicyclic) bond motifs is 1. The molecule has 32 heavy (non-hydrogen) atoms. The quantitative estimate of drug-likeness (QED) is 0.682. The van der Waals surface area contributed by atoms with E-state index in [-0.39, 0.29) is 17.6 Å². The van der Waals surface area contributed by atoms with E-state index in [0.717, 1.165) is 30.0 Å². The number of pyridine rings is 1. The monoisotopic (exact) mass is 432 g/mol. The van der Waals surface area contributed by atoms with Gasteiger partial charge in [0.05, 0.1) is 31.4 Å². The average Bonchev–Trinajstić information content (AvgIpc) is 3.39. The van der Waals surface area contributed by atoms with Gasteiger partial charge in [0.25, 0.3) is 5.91 Å². The summed E-state index contributed by atoms with van der Waals surface area (Å²) in [6.07, 6.45) is 3.55. The molecule has 1 atom stereocenters. The summed E-state index contributed by atoms with van der Waals surface area (Å²) in [6, 6.07) is 14.2. The maximum atomic E-state index is 13.3. The van der Waals surface area contributed by atoms with E-state index in [1.54, 1.807) is 23.2 Å². The summed E-state index contributed by atoms with van der Waals surface area (Å²) in [4.78, 5) is 34.6. The zero-order chi connectivity index (χ0) is 21.9. The maximum absolute atomic E-state index is 13.3. The smallest absolute Gasteiger partial charge is 0.290 e. The molecule has 8 heteroatoms. The first-order valence-electron chi connectivity index (χ1n) is 10.7. The molecule has 2 aliphatic heterocycles. The number of anilines is 2. The maximum Gasteiger partial charge on any atom is 0.290 e. The van der Waals surface area contributed by atoms with E-state index in [2.05, 4.69) is 15.2 Å². The van der Waals surface area contributed by atoms with Crippen LogP contribution in [0, 0.1) is 0 Å². The van der Waals surface area contributed by atoms with E-state index in [0.29, 0.717) is 31.9 Å². The van der Waals surface area contributed by atoms with Gasteiger partial charge in [0.1, 0.15) is 11.9 Å². The number of hydrogen-bond acceptors (Lipinski definition) is 6. The number of nitrogens with zero attached hydrogens (tertiary/aromatic N) is 3. The number of aromatic nitrogens is 1. The molecule has 1 aromatic carbocycles. The van der Waals surface area contributed by atoms with Gasteiger partial charge in [-0.1, -0.05) is 24.3 Å². The number of hydrogen-bond donors (Lipinski definition) is 1. The van der Waals surface area contributed by atoms with Crippen molar-refractivity contribution in [1.29, 1.82) is 0 Å². The van der Waals surface area contributed by atoms with Crippen molar-refractivity contribution in [2.24, 2.45) is 0 Å². The van der Waals surface area contributed by atoms with Crippen LogP contribution < -0.4 is 10.2 Å². The van der Waals surface area contributed by atoms with Crippen LogP contribution in [0.3, 0.4) is 0 Å². The molecule has 164 valence electrons. The van der Waals surface area contributed by atoms with Gasteiger partial charge in [-0.25, -0.2) is 4.98 Å². The summed E-state index contributed by atoms with van der Waals surface area (Å²) in [6.45, 7) is 3.31. The Labute approximate surface area is 185 Å². The Morgan fingerprint density at radius 1 is 1.00 bits per heavy atom. The minimum absolute atomic E-state index is 0.221. The number of carbonyl (C=O) groups is 2. The summed E-state index contributed by atoms with van der Waals surface area (Å²) in [5, 5.41) is 2.93. The van der Waals surface area contributed by atoms with Gasteiger partial charge in [-0.05, 0) is 35.4 Å². The molecule has 4 heterocycles. The van der Waals surface area contributed by atoms with Gasteiger partial charge in [0.15, 0.2) is 5.76 Å². The zero-order valence-corrected chi connectivity index (χ0v) is 17.6. The Morgan fingerprint density at radius 3 is 2.53 bits per heavy atom. The van der Waals surface area contributed by atoms with Crippen LogP contribution in [0.5, 0.6) is 0 Å². The predicted octanol–water partition coefficient (Wildman–Crippen LogP) is 2.72. The minimum Gasteiger partial charge on any atom is -0.459 e. The van der Waals surface area contributed by atoms with Gasteiger partial charge in [-0.3, -0.25) is 9.59 Å². The second-order valence-electron chi connectivity index (χ2n) is 7.89. The molecule has 1 N–H and O–H groups in total. The lowest BCUT2D eigenvalue weighted by molar-refractivity contribution is -0.121. The van der Waals surface area contributed by atoms with Crippen molar-refractivity contribution >= 4 is 23.3 Å². The molecule has 8 nitrogen and oxygen atoms in total. The fraction of sp³-hybridized carbons (Fsp3) is 0.292. The van der Waals surface area contributed by atoms with Crippen LogP contribution in [0.1, 0.15) is 21.7 Å². The number of nitrogens with one attached hydrogen (secondary N) is 1. The van der Waals surface area contributed by atoms with Crippen LogP contribution >= 0.6 is 0 Å². The summed E-state index contributed by atoms with van der Waals surface area (Å²) in [5.41, 5.74) is 2.70. The lowest BCUT2D eigenvalue weighted by Gasteiger charge is -2.35. The largest absolute Gasteiger partial charge is 0.459 e. The molecule has 1 fully saturated rings.